The third-order valence-corrected chi connectivity index (χ3v) is 4.38. The molecule has 1 heterocycles. The Labute approximate surface area is 131 Å². The Morgan fingerprint density at radius 3 is 2.57 bits per heavy atom. The number of aliphatic imine (C=N–C) groups is 1. The zero-order valence-electron chi connectivity index (χ0n) is 14.6. The van der Waals surface area contributed by atoms with E-state index < -0.39 is 0 Å². The van der Waals surface area contributed by atoms with Crippen LogP contribution in [0.3, 0.4) is 0 Å². The number of nitrogens with one attached hydrogen (secondary N) is 1. The van der Waals surface area contributed by atoms with Crippen LogP contribution in [0.4, 0.5) is 0 Å². The summed E-state index contributed by atoms with van der Waals surface area (Å²) < 4.78 is 0. The van der Waals surface area contributed by atoms with Gasteiger partial charge < -0.3 is 11.1 Å². The van der Waals surface area contributed by atoms with Crippen molar-refractivity contribution in [3.8, 4) is 0 Å². The molecular formula is C16H35N5. The van der Waals surface area contributed by atoms with Crippen LogP contribution in [-0.4, -0.2) is 66.6 Å². The van der Waals surface area contributed by atoms with Gasteiger partial charge in [0.2, 0.25) is 0 Å². The summed E-state index contributed by atoms with van der Waals surface area (Å²) in [5, 5.41) is 3.25. The van der Waals surface area contributed by atoms with Gasteiger partial charge in [0.1, 0.15) is 0 Å². The second kappa shape index (κ2) is 9.26. The van der Waals surface area contributed by atoms with Gasteiger partial charge in [0, 0.05) is 31.2 Å². The SMILES string of the molecule is CCN1CCCC1CN=C(N)NCCN(C(C)C)C(C)C. The fraction of sp³-hybridized carbons (Fsp3) is 0.938. The molecule has 5 heteroatoms. The third kappa shape index (κ3) is 6.22. The molecular weight excluding hydrogens is 262 g/mol. The Bertz CT molecular complexity index is 306. The van der Waals surface area contributed by atoms with E-state index in [1.165, 1.54) is 19.4 Å². The molecule has 0 amide bonds. The number of likely N-dealkylation sites (tertiary alicyclic amines) is 1. The normalized spacial score (nSPS) is 21.0. The van der Waals surface area contributed by atoms with Crippen LogP contribution >= 0.6 is 0 Å². The molecule has 1 unspecified atom stereocenters. The van der Waals surface area contributed by atoms with Gasteiger partial charge in [0.05, 0.1) is 6.54 Å². The van der Waals surface area contributed by atoms with Crippen molar-refractivity contribution in [3.63, 3.8) is 0 Å². The average molecular weight is 297 g/mol. The van der Waals surface area contributed by atoms with Crippen LogP contribution < -0.4 is 11.1 Å². The fourth-order valence-corrected chi connectivity index (χ4v) is 3.20. The third-order valence-electron chi connectivity index (χ3n) is 4.38. The summed E-state index contributed by atoms with van der Waals surface area (Å²) in [6.45, 7) is 16.2. The quantitative estimate of drug-likeness (QED) is 0.526. The van der Waals surface area contributed by atoms with Crippen molar-refractivity contribution in [2.45, 2.75) is 65.6 Å². The lowest BCUT2D eigenvalue weighted by atomic mass is 10.2. The van der Waals surface area contributed by atoms with Crippen molar-refractivity contribution >= 4 is 5.96 Å². The summed E-state index contributed by atoms with van der Waals surface area (Å²) in [7, 11) is 0. The molecule has 0 saturated carbocycles. The Balaban J connectivity index is 2.29. The molecule has 0 aromatic carbocycles. The highest BCUT2D eigenvalue weighted by molar-refractivity contribution is 5.77. The number of likely N-dealkylation sites (N-methyl/N-ethyl adjacent to an activating group) is 1. The lowest BCUT2D eigenvalue weighted by Crippen LogP contribution is -2.44. The van der Waals surface area contributed by atoms with Crippen molar-refractivity contribution in [1.82, 2.24) is 15.1 Å². The van der Waals surface area contributed by atoms with Gasteiger partial charge in [-0.2, -0.15) is 0 Å². The molecule has 124 valence electrons. The predicted octanol–water partition coefficient (Wildman–Crippen LogP) is 1.49. The maximum absolute atomic E-state index is 5.98. The van der Waals surface area contributed by atoms with E-state index in [0.717, 1.165) is 26.2 Å². The van der Waals surface area contributed by atoms with Gasteiger partial charge >= 0.3 is 0 Å². The van der Waals surface area contributed by atoms with Crippen LogP contribution in [0.1, 0.15) is 47.5 Å². The summed E-state index contributed by atoms with van der Waals surface area (Å²) in [4.78, 5) is 9.46. The first-order chi connectivity index (χ1) is 9.95. The molecule has 5 nitrogen and oxygen atoms in total. The second-order valence-corrected chi connectivity index (χ2v) is 6.50. The highest BCUT2D eigenvalue weighted by Crippen LogP contribution is 2.16. The van der Waals surface area contributed by atoms with E-state index in [4.69, 9.17) is 5.73 Å². The Hall–Kier alpha value is -0.810. The maximum atomic E-state index is 5.98. The Kier molecular flexibility index (Phi) is 8.04. The Morgan fingerprint density at radius 1 is 1.33 bits per heavy atom. The van der Waals surface area contributed by atoms with Gasteiger partial charge in [0.15, 0.2) is 5.96 Å². The maximum Gasteiger partial charge on any atom is 0.188 e. The van der Waals surface area contributed by atoms with Crippen molar-refractivity contribution in [2.75, 3.05) is 32.7 Å². The van der Waals surface area contributed by atoms with Crippen molar-refractivity contribution in [2.24, 2.45) is 10.7 Å². The predicted molar refractivity (Wildman–Crippen MR) is 91.7 cm³/mol. The second-order valence-electron chi connectivity index (χ2n) is 6.50. The van der Waals surface area contributed by atoms with E-state index >= 15 is 0 Å². The molecule has 0 aliphatic carbocycles. The summed E-state index contributed by atoms with van der Waals surface area (Å²) in [6, 6.07) is 1.70. The van der Waals surface area contributed by atoms with Crippen LogP contribution in [0.5, 0.6) is 0 Å². The highest BCUT2D eigenvalue weighted by Gasteiger charge is 2.22. The number of hydrogen-bond donors (Lipinski definition) is 2. The molecule has 0 aromatic rings. The topological polar surface area (TPSA) is 56.9 Å². The molecule has 1 saturated heterocycles. The molecule has 0 radical (unpaired) electrons. The number of nitrogens with zero attached hydrogens (tertiary/aromatic N) is 3. The molecule has 3 N–H and O–H groups in total. The minimum Gasteiger partial charge on any atom is -0.370 e. The van der Waals surface area contributed by atoms with E-state index in [1.807, 2.05) is 0 Å². The first kappa shape index (κ1) is 18.2. The van der Waals surface area contributed by atoms with Crippen LogP contribution in [-0.2, 0) is 0 Å². The number of guanidine groups is 1. The van der Waals surface area contributed by atoms with Gasteiger partial charge in [-0.1, -0.05) is 6.92 Å². The number of hydrogen-bond acceptors (Lipinski definition) is 3. The first-order valence-corrected chi connectivity index (χ1v) is 8.49. The zero-order valence-corrected chi connectivity index (χ0v) is 14.6. The van der Waals surface area contributed by atoms with Crippen molar-refractivity contribution < 1.29 is 0 Å². The Morgan fingerprint density at radius 2 is 2.00 bits per heavy atom. The smallest absolute Gasteiger partial charge is 0.188 e. The number of nitrogens with two attached hydrogens (primary N) is 1. The van der Waals surface area contributed by atoms with Crippen LogP contribution in [0.25, 0.3) is 0 Å². The molecule has 21 heavy (non-hydrogen) atoms. The molecule has 1 aliphatic rings. The van der Waals surface area contributed by atoms with E-state index in [-0.39, 0.29) is 0 Å². The van der Waals surface area contributed by atoms with Crippen molar-refractivity contribution in [1.29, 1.82) is 0 Å². The van der Waals surface area contributed by atoms with Gasteiger partial charge in [-0.05, 0) is 53.6 Å². The molecule has 1 fully saturated rings. The average Bonchev–Trinajstić information content (AvgIpc) is 2.87. The molecule has 0 aromatic heterocycles. The van der Waals surface area contributed by atoms with Gasteiger partial charge in [-0.15, -0.1) is 0 Å². The van der Waals surface area contributed by atoms with E-state index in [9.17, 15) is 0 Å². The first-order valence-electron chi connectivity index (χ1n) is 8.49. The van der Waals surface area contributed by atoms with Crippen LogP contribution in [0.15, 0.2) is 4.99 Å². The largest absolute Gasteiger partial charge is 0.370 e. The van der Waals surface area contributed by atoms with Crippen molar-refractivity contribution in [3.05, 3.63) is 0 Å². The summed E-state index contributed by atoms with van der Waals surface area (Å²) in [5.74, 6) is 0.588. The molecule has 0 spiro atoms. The van der Waals surface area contributed by atoms with Gasteiger partial charge in [-0.25, -0.2) is 0 Å². The minimum absolute atomic E-state index is 0.557. The van der Waals surface area contributed by atoms with E-state index in [0.29, 0.717) is 24.1 Å². The fourth-order valence-electron chi connectivity index (χ4n) is 3.20. The highest BCUT2D eigenvalue weighted by atomic mass is 15.2. The van der Waals surface area contributed by atoms with Gasteiger partial charge in [0.25, 0.3) is 0 Å². The molecule has 0 bridgehead atoms. The monoisotopic (exact) mass is 297 g/mol. The standard InChI is InChI=1S/C16H35N5/c1-6-20-10-7-8-15(20)12-19-16(17)18-9-11-21(13(2)3)14(4)5/h13-15H,6-12H2,1-5H3,(H3,17,18,19). The van der Waals surface area contributed by atoms with Crippen LogP contribution in [0, 0.1) is 0 Å². The molecule has 1 aliphatic heterocycles. The number of rotatable bonds is 8. The van der Waals surface area contributed by atoms with Gasteiger partial charge in [-0.3, -0.25) is 14.8 Å². The molecule has 1 rings (SSSR count). The van der Waals surface area contributed by atoms with E-state index in [1.54, 1.807) is 0 Å². The lowest BCUT2D eigenvalue weighted by molar-refractivity contribution is 0.178. The summed E-state index contributed by atoms with van der Waals surface area (Å²) >= 11 is 0. The van der Waals surface area contributed by atoms with E-state index in [2.05, 4.69) is 54.7 Å². The summed E-state index contributed by atoms with van der Waals surface area (Å²) in [6.07, 6.45) is 2.54. The zero-order chi connectivity index (χ0) is 15.8. The summed E-state index contributed by atoms with van der Waals surface area (Å²) in [5.41, 5.74) is 5.98. The lowest BCUT2D eigenvalue weighted by Gasteiger charge is -2.30. The van der Waals surface area contributed by atoms with Crippen LogP contribution in [0.2, 0.25) is 0 Å². The minimum atomic E-state index is 0.557. The molecule has 1 atom stereocenters.